The van der Waals surface area contributed by atoms with Crippen molar-refractivity contribution in [1.29, 1.82) is 5.26 Å². The number of nitriles is 1. The second kappa shape index (κ2) is 8.24. The van der Waals surface area contributed by atoms with E-state index in [1.165, 1.54) is 0 Å². The first-order valence-electron chi connectivity index (χ1n) is 9.10. The summed E-state index contributed by atoms with van der Waals surface area (Å²) in [4.78, 5) is 20.3. The Morgan fingerprint density at radius 1 is 1.07 bits per heavy atom. The number of nitrogens with zero attached hydrogens (tertiary/aromatic N) is 2. The van der Waals surface area contributed by atoms with Crippen molar-refractivity contribution in [1.82, 2.24) is 9.97 Å². The number of fused-ring (bicyclic) bond motifs is 1. The normalized spacial score (nSPS) is 11.2. The monoisotopic (exact) mass is 379 g/mol. The number of Topliss-reactive ketones (excluding diaryl/α,β-unsaturated/α-hetero) is 1. The van der Waals surface area contributed by atoms with E-state index in [9.17, 15) is 10.1 Å². The Bertz CT molecular complexity index is 1230. The molecule has 0 amide bonds. The molecule has 0 aliphatic heterocycles. The number of para-hydroxylation sites is 2. The molecule has 140 valence electrons. The molecule has 2 heterocycles. The van der Waals surface area contributed by atoms with Gasteiger partial charge in [0.2, 0.25) is 5.78 Å². The first-order valence-corrected chi connectivity index (χ1v) is 9.10. The van der Waals surface area contributed by atoms with Crippen molar-refractivity contribution in [2.75, 3.05) is 0 Å². The smallest absolute Gasteiger partial charge is 0.205 e. The summed E-state index contributed by atoms with van der Waals surface area (Å²) in [6.45, 7) is 0.296. The molecule has 2 aromatic carbocycles. The molecule has 0 aliphatic rings. The number of aromatic amines is 1. The number of H-pyrrole nitrogens is 1. The molecule has 4 rings (SSSR count). The lowest BCUT2D eigenvalue weighted by atomic mass is 10.0. The van der Waals surface area contributed by atoms with E-state index in [4.69, 9.17) is 4.74 Å². The van der Waals surface area contributed by atoms with Crippen LogP contribution < -0.4 is 4.74 Å². The zero-order valence-electron chi connectivity index (χ0n) is 15.5. The molecule has 1 N–H and O–H groups in total. The van der Waals surface area contributed by atoms with Crippen LogP contribution in [0, 0.1) is 11.3 Å². The zero-order valence-corrected chi connectivity index (χ0v) is 15.5. The summed E-state index contributed by atoms with van der Waals surface area (Å²) in [6.07, 6.45) is 4.91. The van der Waals surface area contributed by atoms with E-state index in [1.807, 2.05) is 66.7 Å². The Hall–Kier alpha value is -4.17. The second-order valence-corrected chi connectivity index (χ2v) is 6.39. The maximum Gasteiger partial charge on any atom is 0.205 e. The summed E-state index contributed by atoms with van der Waals surface area (Å²) in [7, 11) is 0. The number of carbonyl (C=O) groups excluding carboxylic acids is 1. The first kappa shape index (κ1) is 18.2. The fourth-order valence-electron chi connectivity index (χ4n) is 3.07. The average molecular weight is 379 g/mol. The number of carbonyl (C=O) groups is 1. The summed E-state index contributed by atoms with van der Waals surface area (Å²) in [5, 5.41) is 10.4. The van der Waals surface area contributed by atoms with E-state index in [1.54, 1.807) is 24.5 Å². The highest BCUT2D eigenvalue weighted by Crippen LogP contribution is 2.25. The molecule has 0 spiro atoms. The molecule has 0 bridgehead atoms. The Kier molecular flexibility index (Phi) is 5.17. The van der Waals surface area contributed by atoms with Crippen LogP contribution in [0.1, 0.15) is 21.6 Å². The molecule has 0 fully saturated rings. The number of nitrogens with one attached hydrogen (secondary N) is 1. The fourth-order valence-corrected chi connectivity index (χ4v) is 3.07. The van der Waals surface area contributed by atoms with Crippen molar-refractivity contribution in [3.05, 3.63) is 102 Å². The summed E-state index contributed by atoms with van der Waals surface area (Å²) < 4.78 is 5.88. The highest BCUT2D eigenvalue weighted by Gasteiger charge is 2.17. The van der Waals surface area contributed by atoms with Crippen LogP contribution in [-0.2, 0) is 6.61 Å². The van der Waals surface area contributed by atoms with Gasteiger partial charge in [-0.1, -0.05) is 42.5 Å². The number of hydrogen-bond donors (Lipinski definition) is 1. The number of benzene rings is 2. The number of aromatic nitrogens is 2. The molecule has 0 saturated carbocycles. The van der Waals surface area contributed by atoms with Gasteiger partial charge in [0.15, 0.2) is 0 Å². The average Bonchev–Trinajstić information content (AvgIpc) is 3.21. The fraction of sp³-hybridized carbons (Fsp3) is 0.0417. The molecular weight excluding hydrogens is 362 g/mol. The molecule has 5 heteroatoms. The van der Waals surface area contributed by atoms with Crippen molar-refractivity contribution in [3.8, 4) is 11.8 Å². The minimum atomic E-state index is -0.329. The van der Waals surface area contributed by atoms with Crippen molar-refractivity contribution < 1.29 is 9.53 Å². The molecule has 0 radical (unpaired) electrons. The van der Waals surface area contributed by atoms with E-state index in [0.29, 0.717) is 23.5 Å². The second-order valence-electron chi connectivity index (χ2n) is 6.39. The molecule has 5 nitrogen and oxygen atoms in total. The van der Waals surface area contributed by atoms with Crippen molar-refractivity contribution >= 4 is 22.8 Å². The number of hydrogen-bond acceptors (Lipinski definition) is 4. The maximum absolute atomic E-state index is 13.0. The van der Waals surface area contributed by atoms with Gasteiger partial charge in [0, 0.05) is 34.4 Å². The van der Waals surface area contributed by atoms with Gasteiger partial charge in [-0.25, -0.2) is 0 Å². The lowest BCUT2D eigenvalue weighted by Gasteiger charge is -2.09. The number of ketones is 1. The van der Waals surface area contributed by atoms with Crippen LogP contribution in [0.2, 0.25) is 0 Å². The molecule has 29 heavy (non-hydrogen) atoms. The molecule has 2 aromatic heterocycles. The van der Waals surface area contributed by atoms with Crippen LogP contribution in [0.5, 0.6) is 5.75 Å². The Labute approximate surface area is 167 Å². The van der Waals surface area contributed by atoms with Crippen LogP contribution in [0.4, 0.5) is 0 Å². The highest BCUT2D eigenvalue weighted by molar-refractivity contribution is 6.19. The van der Waals surface area contributed by atoms with E-state index in [2.05, 4.69) is 9.97 Å². The van der Waals surface area contributed by atoms with E-state index in [-0.39, 0.29) is 11.4 Å². The highest BCUT2D eigenvalue weighted by atomic mass is 16.5. The first-order chi connectivity index (χ1) is 14.3. The van der Waals surface area contributed by atoms with Crippen molar-refractivity contribution in [3.63, 3.8) is 0 Å². The number of allylic oxidation sites excluding steroid dienone is 1. The van der Waals surface area contributed by atoms with Crippen LogP contribution in [-0.4, -0.2) is 15.8 Å². The molecule has 4 aromatic rings. The third-order valence-electron chi connectivity index (χ3n) is 4.52. The molecule has 0 saturated heterocycles. The quantitative estimate of drug-likeness (QED) is 0.293. The Morgan fingerprint density at radius 2 is 1.86 bits per heavy atom. The predicted molar refractivity (Wildman–Crippen MR) is 111 cm³/mol. The van der Waals surface area contributed by atoms with Gasteiger partial charge < -0.3 is 9.72 Å². The largest absolute Gasteiger partial charge is 0.487 e. The van der Waals surface area contributed by atoms with Gasteiger partial charge >= 0.3 is 0 Å². The van der Waals surface area contributed by atoms with Crippen molar-refractivity contribution in [2.45, 2.75) is 6.61 Å². The number of ether oxygens (including phenoxy) is 1. The molecular formula is C24H17N3O2. The topological polar surface area (TPSA) is 78.8 Å². The predicted octanol–water partition coefficient (Wildman–Crippen LogP) is 4.93. The summed E-state index contributed by atoms with van der Waals surface area (Å²) in [5.41, 5.74) is 2.82. The molecule has 0 unspecified atom stereocenters. The van der Waals surface area contributed by atoms with Gasteiger partial charge in [-0.15, -0.1) is 0 Å². The number of pyridine rings is 1. The molecule has 0 aliphatic carbocycles. The zero-order chi connectivity index (χ0) is 20.1. The maximum atomic E-state index is 13.0. The van der Waals surface area contributed by atoms with Gasteiger partial charge in [-0.2, -0.15) is 5.26 Å². The van der Waals surface area contributed by atoms with E-state index < -0.39 is 0 Å². The van der Waals surface area contributed by atoms with E-state index >= 15 is 0 Å². The number of rotatable bonds is 6. The van der Waals surface area contributed by atoms with Gasteiger partial charge in [-0.3, -0.25) is 9.78 Å². The van der Waals surface area contributed by atoms with Gasteiger partial charge in [0.25, 0.3) is 0 Å². The van der Waals surface area contributed by atoms with E-state index in [0.717, 1.165) is 16.6 Å². The summed E-state index contributed by atoms with van der Waals surface area (Å²) >= 11 is 0. The summed E-state index contributed by atoms with van der Waals surface area (Å²) in [5.74, 6) is 0.252. The Morgan fingerprint density at radius 3 is 2.69 bits per heavy atom. The van der Waals surface area contributed by atoms with Crippen LogP contribution in [0.25, 0.3) is 17.0 Å². The van der Waals surface area contributed by atoms with Crippen LogP contribution >= 0.6 is 0 Å². The van der Waals surface area contributed by atoms with Gasteiger partial charge in [-0.05, 0) is 30.3 Å². The van der Waals surface area contributed by atoms with Crippen molar-refractivity contribution in [2.24, 2.45) is 0 Å². The third-order valence-corrected chi connectivity index (χ3v) is 4.52. The lowest BCUT2D eigenvalue weighted by Crippen LogP contribution is -2.02. The van der Waals surface area contributed by atoms with Crippen LogP contribution in [0.3, 0.4) is 0 Å². The minimum Gasteiger partial charge on any atom is -0.487 e. The van der Waals surface area contributed by atoms with Gasteiger partial charge in [0.1, 0.15) is 24.0 Å². The SMILES string of the molecule is N#C/C(=C\c1ccccc1OCc1ccccn1)C(=O)c1c[nH]c2ccccc12. The third kappa shape index (κ3) is 3.92. The summed E-state index contributed by atoms with van der Waals surface area (Å²) in [6, 6.07) is 22.5. The lowest BCUT2D eigenvalue weighted by molar-refractivity contribution is 0.104. The standard InChI is InChI=1S/C24H17N3O2/c25-14-18(24(28)21-15-27-22-10-3-2-9-20(21)22)13-17-7-1-4-11-23(17)29-16-19-8-5-6-12-26-19/h1-13,15,27H,16H2/b18-13+. The van der Waals surface area contributed by atoms with Crippen LogP contribution in [0.15, 0.2) is 84.7 Å². The Balaban J connectivity index is 1.64. The molecule has 0 atom stereocenters. The van der Waals surface area contributed by atoms with Gasteiger partial charge in [0.05, 0.1) is 5.69 Å². The minimum absolute atomic E-state index is 0.0450.